The SMILES string of the molecule is CC(C)(CC#N)c1c([C@@H]2CO[C@@](C)(C(=O)O)C2)c2c(F)c3[nH]ncc3cc2n1-c1ccc(F)cc1. The lowest BCUT2D eigenvalue weighted by atomic mass is 9.79. The Kier molecular flexibility index (Phi) is 5.18. The smallest absolute Gasteiger partial charge is 0.335 e. The van der Waals surface area contributed by atoms with Crippen LogP contribution in [0.2, 0.25) is 0 Å². The third-order valence-corrected chi connectivity index (χ3v) is 6.99. The van der Waals surface area contributed by atoms with Crippen LogP contribution in [0.4, 0.5) is 8.78 Å². The molecule has 2 N–H and O–H groups in total. The van der Waals surface area contributed by atoms with E-state index in [2.05, 4.69) is 16.3 Å². The summed E-state index contributed by atoms with van der Waals surface area (Å²) < 4.78 is 37.5. The number of rotatable bonds is 5. The number of benzene rings is 2. The van der Waals surface area contributed by atoms with E-state index in [1.54, 1.807) is 12.1 Å². The van der Waals surface area contributed by atoms with Gasteiger partial charge in [-0.15, -0.1) is 0 Å². The number of hydrogen-bond acceptors (Lipinski definition) is 4. The van der Waals surface area contributed by atoms with E-state index in [-0.39, 0.29) is 25.0 Å². The predicted octanol–water partition coefficient (Wildman–Crippen LogP) is 5.32. The Balaban J connectivity index is 1.92. The van der Waals surface area contributed by atoms with Crippen molar-refractivity contribution in [1.82, 2.24) is 14.8 Å². The van der Waals surface area contributed by atoms with Crippen molar-refractivity contribution in [3.05, 3.63) is 59.4 Å². The Morgan fingerprint density at radius 1 is 1.37 bits per heavy atom. The number of fused-ring (bicyclic) bond motifs is 2. The molecule has 3 heterocycles. The molecule has 2 aromatic heterocycles. The summed E-state index contributed by atoms with van der Waals surface area (Å²) in [5, 5.41) is 26.9. The largest absolute Gasteiger partial charge is 0.479 e. The molecule has 1 fully saturated rings. The van der Waals surface area contributed by atoms with Crippen LogP contribution in [0.25, 0.3) is 27.5 Å². The van der Waals surface area contributed by atoms with Crippen molar-refractivity contribution in [3.63, 3.8) is 0 Å². The average molecular weight is 478 g/mol. The van der Waals surface area contributed by atoms with Crippen LogP contribution in [-0.4, -0.2) is 38.0 Å². The van der Waals surface area contributed by atoms with Crippen LogP contribution in [0.1, 0.15) is 50.8 Å². The molecule has 180 valence electrons. The molecule has 0 amide bonds. The molecule has 0 spiro atoms. The monoisotopic (exact) mass is 478 g/mol. The third kappa shape index (κ3) is 3.48. The Morgan fingerprint density at radius 3 is 2.71 bits per heavy atom. The number of carboxylic acids is 1. The first-order chi connectivity index (χ1) is 16.6. The first kappa shape index (κ1) is 23.0. The molecule has 1 aliphatic rings. The number of nitrogens with one attached hydrogen (secondary N) is 1. The number of carbonyl (C=O) groups is 1. The van der Waals surface area contributed by atoms with Crippen molar-refractivity contribution in [2.75, 3.05) is 6.61 Å². The van der Waals surface area contributed by atoms with Crippen LogP contribution in [0, 0.1) is 23.0 Å². The molecular weight excluding hydrogens is 454 g/mol. The van der Waals surface area contributed by atoms with Crippen molar-refractivity contribution in [3.8, 4) is 11.8 Å². The summed E-state index contributed by atoms with van der Waals surface area (Å²) >= 11 is 0. The molecule has 0 saturated carbocycles. The number of nitrogens with zero attached hydrogens (tertiary/aromatic N) is 3. The quantitative estimate of drug-likeness (QED) is 0.404. The number of halogens is 2. The number of ether oxygens (including phenoxy) is 1. The van der Waals surface area contributed by atoms with E-state index in [4.69, 9.17) is 4.74 Å². The minimum absolute atomic E-state index is 0.0847. The van der Waals surface area contributed by atoms with Gasteiger partial charge in [-0.2, -0.15) is 10.4 Å². The van der Waals surface area contributed by atoms with Gasteiger partial charge >= 0.3 is 5.97 Å². The third-order valence-electron chi connectivity index (χ3n) is 6.99. The normalized spacial score (nSPS) is 20.5. The lowest BCUT2D eigenvalue weighted by Gasteiger charge is -2.28. The van der Waals surface area contributed by atoms with Crippen molar-refractivity contribution >= 4 is 27.8 Å². The minimum Gasteiger partial charge on any atom is -0.479 e. The number of aromatic amines is 1. The van der Waals surface area contributed by atoms with E-state index >= 15 is 4.39 Å². The van der Waals surface area contributed by atoms with E-state index in [1.807, 2.05) is 24.5 Å². The average Bonchev–Trinajstić information content (AvgIpc) is 3.51. The molecule has 0 bridgehead atoms. The highest BCUT2D eigenvalue weighted by Gasteiger charge is 2.46. The molecular formula is C26H24F2N4O3. The fourth-order valence-electron chi connectivity index (χ4n) is 5.24. The second-order valence-corrected chi connectivity index (χ2v) is 9.96. The Labute approximate surface area is 199 Å². The summed E-state index contributed by atoms with van der Waals surface area (Å²) in [6.45, 7) is 5.39. The summed E-state index contributed by atoms with van der Waals surface area (Å²) in [5.41, 5.74) is 0.471. The number of H-pyrrole nitrogens is 1. The van der Waals surface area contributed by atoms with Crippen molar-refractivity contribution in [2.45, 2.75) is 50.5 Å². The molecule has 1 aliphatic heterocycles. The molecule has 0 unspecified atom stereocenters. The van der Waals surface area contributed by atoms with Gasteiger partial charge in [0.05, 0.1) is 24.4 Å². The summed E-state index contributed by atoms with van der Waals surface area (Å²) in [4.78, 5) is 11.9. The van der Waals surface area contributed by atoms with Gasteiger partial charge in [0.1, 0.15) is 11.3 Å². The number of hydrogen-bond donors (Lipinski definition) is 2. The summed E-state index contributed by atoms with van der Waals surface area (Å²) in [5.74, 6) is -2.45. The van der Waals surface area contributed by atoms with Crippen molar-refractivity contribution < 1.29 is 23.4 Å². The maximum absolute atomic E-state index is 16.1. The van der Waals surface area contributed by atoms with Crippen LogP contribution in [0.15, 0.2) is 36.5 Å². The van der Waals surface area contributed by atoms with Gasteiger partial charge in [-0.3, -0.25) is 5.10 Å². The zero-order valence-electron chi connectivity index (χ0n) is 19.5. The molecule has 4 aromatic rings. The molecule has 5 rings (SSSR count). The summed E-state index contributed by atoms with van der Waals surface area (Å²) in [6.07, 6.45) is 1.79. The van der Waals surface area contributed by atoms with Gasteiger partial charge in [-0.05, 0) is 49.2 Å². The van der Waals surface area contributed by atoms with E-state index in [1.165, 1.54) is 25.3 Å². The van der Waals surface area contributed by atoms with Crippen molar-refractivity contribution in [2.24, 2.45) is 0 Å². The maximum Gasteiger partial charge on any atom is 0.335 e. The van der Waals surface area contributed by atoms with E-state index < -0.39 is 34.5 Å². The predicted molar refractivity (Wildman–Crippen MR) is 125 cm³/mol. The topological polar surface area (TPSA) is 104 Å². The number of nitriles is 1. The van der Waals surface area contributed by atoms with E-state index in [0.717, 1.165) is 0 Å². The second-order valence-electron chi connectivity index (χ2n) is 9.96. The van der Waals surface area contributed by atoms with Gasteiger partial charge < -0.3 is 14.4 Å². The van der Waals surface area contributed by atoms with E-state index in [9.17, 15) is 19.6 Å². The van der Waals surface area contributed by atoms with Crippen LogP contribution in [0.5, 0.6) is 0 Å². The highest BCUT2D eigenvalue weighted by molar-refractivity contribution is 6.00. The molecule has 2 aromatic carbocycles. The maximum atomic E-state index is 16.1. The van der Waals surface area contributed by atoms with E-state index in [0.29, 0.717) is 33.2 Å². The van der Waals surface area contributed by atoms with Gasteiger partial charge in [0.2, 0.25) is 0 Å². The number of carboxylic acid groups (broad SMARTS) is 1. The minimum atomic E-state index is -1.42. The zero-order valence-corrected chi connectivity index (χ0v) is 19.5. The first-order valence-electron chi connectivity index (χ1n) is 11.3. The molecule has 0 radical (unpaired) electrons. The highest BCUT2D eigenvalue weighted by atomic mass is 19.1. The zero-order chi connectivity index (χ0) is 25.1. The lowest BCUT2D eigenvalue weighted by Crippen LogP contribution is -2.34. The lowest BCUT2D eigenvalue weighted by molar-refractivity contribution is -0.157. The van der Waals surface area contributed by atoms with Crippen LogP contribution >= 0.6 is 0 Å². The molecule has 2 atom stereocenters. The first-order valence-corrected chi connectivity index (χ1v) is 11.3. The summed E-state index contributed by atoms with van der Waals surface area (Å²) in [7, 11) is 0. The number of aromatic nitrogens is 3. The summed E-state index contributed by atoms with van der Waals surface area (Å²) in [6, 6.07) is 9.90. The second kappa shape index (κ2) is 7.89. The fraction of sp³-hybridized carbons (Fsp3) is 0.346. The van der Waals surface area contributed by atoms with Crippen molar-refractivity contribution in [1.29, 1.82) is 5.26 Å². The van der Waals surface area contributed by atoms with Crippen LogP contribution in [0.3, 0.4) is 0 Å². The van der Waals surface area contributed by atoms with Crippen LogP contribution in [-0.2, 0) is 14.9 Å². The molecule has 0 aliphatic carbocycles. The molecule has 35 heavy (non-hydrogen) atoms. The van der Waals surface area contributed by atoms with Gasteiger partial charge in [0.25, 0.3) is 0 Å². The number of aliphatic carboxylic acids is 1. The Morgan fingerprint density at radius 2 is 2.09 bits per heavy atom. The van der Waals surface area contributed by atoms with Gasteiger partial charge in [-0.1, -0.05) is 13.8 Å². The molecule has 1 saturated heterocycles. The van der Waals surface area contributed by atoms with Gasteiger partial charge in [0.15, 0.2) is 11.4 Å². The Hall–Kier alpha value is -3.77. The van der Waals surface area contributed by atoms with Gasteiger partial charge in [-0.25, -0.2) is 13.6 Å². The molecule has 7 nitrogen and oxygen atoms in total. The highest BCUT2D eigenvalue weighted by Crippen LogP contribution is 2.48. The fourth-order valence-corrected chi connectivity index (χ4v) is 5.24. The molecule has 9 heteroatoms. The van der Waals surface area contributed by atoms with Gasteiger partial charge in [0, 0.05) is 39.9 Å². The standard InChI is InChI=1S/C26H24F2N4O3/c1-25(2,8-9-29)23-19(15-11-26(3,24(33)34)35-13-15)20-18(10-14-12-30-31-22(14)21(20)28)32(23)17-6-4-16(27)5-7-17/h4-7,10,12,15H,8,11,13H2,1-3H3,(H,30,31)(H,33,34)/t15-,26+/m0/s1. The Bertz CT molecular complexity index is 1510. The van der Waals surface area contributed by atoms with Crippen LogP contribution < -0.4 is 0 Å².